The molecule has 0 aliphatic carbocycles. The molecule has 0 bridgehead atoms. The first-order valence-electron chi connectivity index (χ1n) is 6.64. The van der Waals surface area contributed by atoms with Crippen molar-refractivity contribution in [2.24, 2.45) is 0 Å². The number of pyridine rings is 1. The van der Waals surface area contributed by atoms with Crippen LogP contribution in [-0.2, 0) is 6.54 Å². The average molecular weight is 330 g/mol. The van der Waals surface area contributed by atoms with Crippen molar-refractivity contribution in [2.45, 2.75) is 19.5 Å². The molecule has 0 aliphatic rings. The zero-order chi connectivity index (χ0) is 13.9. The summed E-state index contributed by atoms with van der Waals surface area (Å²) in [5, 5.41) is 7.90. The molecule has 3 nitrogen and oxygen atoms in total. The molecule has 1 N–H and O–H groups in total. The lowest BCUT2D eigenvalue weighted by molar-refractivity contribution is 0.576. The number of hydrogen-bond donors (Lipinski definition) is 1. The van der Waals surface area contributed by atoms with E-state index in [4.69, 9.17) is 0 Å². The monoisotopic (exact) mass is 329 g/mol. The maximum atomic E-state index is 4.35. The van der Waals surface area contributed by atoms with Crippen LogP contribution in [0.4, 0.5) is 0 Å². The Morgan fingerprint density at radius 1 is 1.25 bits per heavy atom. The van der Waals surface area contributed by atoms with Crippen molar-refractivity contribution >= 4 is 21.4 Å². The molecule has 2 aromatic heterocycles. The Hall–Kier alpha value is -1.65. The van der Waals surface area contributed by atoms with Crippen LogP contribution in [0.2, 0.25) is 0 Å². The largest absolute Gasteiger partial charge is 0.306 e. The summed E-state index contributed by atoms with van der Waals surface area (Å²) in [5.41, 5.74) is 3.64. The molecule has 0 spiro atoms. The summed E-state index contributed by atoms with van der Waals surface area (Å²) < 4.78 is 3.01. The molecule has 3 rings (SSSR count). The van der Waals surface area contributed by atoms with Gasteiger partial charge in [-0.2, -0.15) is 5.10 Å². The second-order valence-corrected chi connectivity index (χ2v) is 5.77. The van der Waals surface area contributed by atoms with Crippen molar-refractivity contribution < 1.29 is 0 Å². The number of nitrogens with zero attached hydrogens (tertiary/aromatic N) is 2. The molecule has 1 aromatic carbocycles. The van der Waals surface area contributed by atoms with Gasteiger partial charge >= 0.3 is 0 Å². The van der Waals surface area contributed by atoms with Crippen LogP contribution in [0.15, 0.2) is 59.3 Å². The van der Waals surface area contributed by atoms with Gasteiger partial charge in [-0.15, -0.1) is 0 Å². The minimum absolute atomic E-state index is 0.297. The van der Waals surface area contributed by atoms with Crippen molar-refractivity contribution in [3.05, 3.63) is 70.5 Å². The number of halogens is 1. The van der Waals surface area contributed by atoms with E-state index in [-0.39, 0.29) is 0 Å². The third-order valence-electron chi connectivity index (χ3n) is 3.45. The van der Waals surface area contributed by atoms with Gasteiger partial charge in [0, 0.05) is 28.8 Å². The van der Waals surface area contributed by atoms with Gasteiger partial charge in [0.2, 0.25) is 0 Å². The number of aromatic nitrogens is 2. The molecule has 20 heavy (non-hydrogen) atoms. The molecule has 102 valence electrons. The van der Waals surface area contributed by atoms with Crippen LogP contribution < -0.4 is 5.32 Å². The first-order chi connectivity index (χ1) is 9.74. The van der Waals surface area contributed by atoms with E-state index in [0.717, 1.165) is 16.5 Å². The molecule has 0 saturated carbocycles. The third kappa shape index (κ3) is 2.76. The summed E-state index contributed by atoms with van der Waals surface area (Å²) in [6, 6.07) is 14.8. The summed E-state index contributed by atoms with van der Waals surface area (Å²) in [6.07, 6.45) is 3.90. The summed E-state index contributed by atoms with van der Waals surface area (Å²) in [7, 11) is 0. The highest BCUT2D eigenvalue weighted by Crippen LogP contribution is 2.19. The topological polar surface area (TPSA) is 29.3 Å². The third-order valence-corrected chi connectivity index (χ3v) is 3.95. The van der Waals surface area contributed by atoms with E-state index < -0.39 is 0 Å². The van der Waals surface area contributed by atoms with E-state index in [1.165, 1.54) is 11.1 Å². The standard InChI is InChI=1S/C16H16BrN3/c1-12(13-5-4-6-15(17)9-13)18-10-14-11-19-20-8-3-2-7-16(14)20/h2-9,11-12,18H,10H2,1H3/t12-/m0/s1. The lowest BCUT2D eigenvalue weighted by Gasteiger charge is -2.14. The maximum Gasteiger partial charge on any atom is 0.0706 e. The van der Waals surface area contributed by atoms with E-state index in [0.29, 0.717) is 6.04 Å². The van der Waals surface area contributed by atoms with Gasteiger partial charge in [-0.1, -0.05) is 34.1 Å². The van der Waals surface area contributed by atoms with Gasteiger partial charge in [0.15, 0.2) is 0 Å². The molecule has 3 aromatic rings. The summed E-state index contributed by atoms with van der Waals surface area (Å²) in [6.45, 7) is 2.98. The Bertz CT molecular complexity index is 720. The number of rotatable bonds is 4. The van der Waals surface area contributed by atoms with E-state index in [9.17, 15) is 0 Å². The maximum absolute atomic E-state index is 4.35. The van der Waals surface area contributed by atoms with E-state index >= 15 is 0 Å². The highest BCUT2D eigenvalue weighted by Gasteiger charge is 2.07. The Balaban J connectivity index is 1.73. The first kappa shape index (κ1) is 13.3. The highest BCUT2D eigenvalue weighted by molar-refractivity contribution is 9.10. The van der Waals surface area contributed by atoms with Crippen LogP contribution in [0.5, 0.6) is 0 Å². The minimum Gasteiger partial charge on any atom is -0.306 e. The second kappa shape index (κ2) is 5.77. The van der Waals surface area contributed by atoms with Crippen LogP contribution >= 0.6 is 15.9 Å². The quantitative estimate of drug-likeness (QED) is 0.785. The van der Waals surface area contributed by atoms with Gasteiger partial charge in [-0.05, 0) is 36.8 Å². The Labute approximate surface area is 126 Å². The molecule has 0 fully saturated rings. The normalized spacial score (nSPS) is 12.7. The average Bonchev–Trinajstić information content (AvgIpc) is 2.88. The zero-order valence-corrected chi connectivity index (χ0v) is 12.8. The van der Waals surface area contributed by atoms with Crippen LogP contribution in [0.1, 0.15) is 24.1 Å². The number of hydrogen-bond acceptors (Lipinski definition) is 2. The van der Waals surface area contributed by atoms with E-state index in [2.05, 4.69) is 57.5 Å². The lowest BCUT2D eigenvalue weighted by Crippen LogP contribution is -2.17. The molecule has 2 heterocycles. The molecule has 0 saturated heterocycles. The molecular weight excluding hydrogens is 314 g/mol. The smallest absolute Gasteiger partial charge is 0.0706 e. The summed E-state index contributed by atoms with van der Waals surface area (Å²) in [5.74, 6) is 0. The van der Waals surface area contributed by atoms with Crippen LogP contribution in [-0.4, -0.2) is 9.61 Å². The van der Waals surface area contributed by atoms with Crippen molar-refractivity contribution in [1.29, 1.82) is 0 Å². The lowest BCUT2D eigenvalue weighted by atomic mass is 10.1. The van der Waals surface area contributed by atoms with Crippen LogP contribution in [0.3, 0.4) is 0 Å². The van der Waals surface area contributed by atoms with Crippen molar-refractivity contribution in [1.82, 2.24) is 14.9 Å². The molecule has 0 radical (unpaired) electrons. The highest BCUT2D eigenvalue weighted by atomic mass is 79.9. The Morgan fingerprint density at radius 2 is 2.15 bits per heavy atom. The van der Waals surface area contributed by atoms with Crippen LogP contribution in [0, 0.1) is 0 Å². The fourth-order valence-electron chi connectivity index (χ4n) is 2.28. The van der Waals surface area contributed by atoms with E-state index in [1.807, 2.05) is 35.1 Å². The van der Waals surface area contributed by atoms with Gasteiger partial charge in [0.25, 0.3) is 0 Å². The molecule has 1 atom stereocenters. The van der Waals surface area contributed by atoms with Gasteiger partial charge in [-0.25, -0.2) is 4.52 Å². The summed E-state index contributed by atoms with van der Waals surface area (Å²) in [4.78, 5) is 0. The minimum atomic E-state index is 0.297. The second-order valence-electron chi connectivity index (χ2n) is 4.86. The first-order valence-corrected chi connectivity index (χ1v) is 7.43. The van der Waals surface area contributed by atoms with Crippen molar-refractivity contribution in [3.63, 3.8) is 0 Å². The van der Waals surface area contributed by atoms with E-state index in [1.54, 1.807) is 0 Å². The van der Waals surface area contributed by atoms with Gasteiger partial charge in [0.05, 0.1) is 11.7 Å². The number of benzene rings is 1. The number of fused-ring (bicyclic) bond motifs is 1. The van der Waals surface area contributed by atoms with Gasteiger partial charge < -0.3 is 5.32 Å². The molecule has 0 unspecified atom stereocenters. The fraction of sp³-hybridized carbons (Fsp3) is 0.188. The molecular formula is C16H16BrN3. The Morgan fingerprint density at radius 3 is 3.00 bits per heavy atom. The van der Waals surface area contributed by atoms with Crippen LogP contribution in [0.25, 0.3) is 5.52 Å². The zero-order valence-electron chi connectivity index (χ0n) is 11.3. The predicted octanol–water partition coefficient (Wildman–Crippen LogP) is 3.95. The fourth-order valence-corrected chi connectivity index (χ4v) is 2.70. The molecule has 4 heteroatoms. The SMILES string of the molecule is C[C@H](NCc1cnn2ccccc12)c1cccc(Br)c1. The summed E-state index contributed by atoms with van der Waals surface area (Å²) >= 11 is 3.51. The molecule has 0 amide bonds. The predicted molar refractivity (Wildman–Crippen MR) is 84.6 cm³/mol. The van der Waals surface area contributed by atoms with Gasteiger partial charge in [0.1, 0.15) is 0 Å². The Kier molecular flexibility index (Phi) is 3.85. The van der Waals surface area contributed by atoms with Crippen molar-refractivity contribution in [3.8, 4) is 0 Å². The molecule has 0 aliphatic heterocycles. The van der Waals surface area contributed by atoms with Gasteiger partial charge in [-0.3, -0.25) is 0 Å². The number of nitrogens with one attached hydrogen (secondary N) is 1. The van der Waals surface area contributed by atoms with Crippen molar-refractivity contribution in [2.75, 3.05) is 0 Å².